The van der Waals surface area contributed by atoms with Gasteiger partial charge in [-0.15, -0.1) is 0 Å². The molecule has 2 atom stereocenters. The fourth-order valence-corrected chi connectivity index (χ4v) is 8.38. The Balaban J connectivity index is 1.34. The van der Waals surface area contributed by atoms with Crippen LogP contribution in [0.2, 0.25) is 5.02 Å². The van der Waals surface area contributed by atoms with E-state index in [0.29, 0.717) is 35.9 Å². The number of fused-ring (bicyclic) bond motifs is 1. The number of nitrogens with zero attached hydrogens (tertiary/aromatic N) is 2. The molecule has 1 aromatic heterocycles. The van der Waals surface area contributed by atoms with Gasteiger partial charge in [0.15, 0.2) is 12.4 Å². The molecule has 0 fully saturated rings. The second kappa shape index (κ2) is 16.8. The average molecular weight is 681 g/mol. The Morgan fingerprint density at radius 3 is 2.66 bits per heavy atom. The predicted octanol–water partition coefficient (Wildman–Crippen LogP) is 6.99. The first kappa shape index (κ1) is 34.5. The molecule has 44 heavy (non-hydrogen) atoms. The molecule has 4 rings (SSSR count). The van der Waals surface area contributed by atoms with Crippen LogP contribution in [0.5, 0.6) is 11.5 Å². The zero-order valence-corrected chi connectivity index (χ0v) is 28.6. The molecule has 0 aliphatic heterocycles. The number of likely N-dealkylation sites (N-methyl/N-ethyl adjacent to an activating group) is 1. The first-order valence-electron chi connectivity index (χ1n) is 14.1. The van der Waals surface area contributed by atoms with Gasteiger partial charge in [-0.1, -0.05) is 41.9 Å². The van der Waals surface area contributed by atoms with Crippen LogP contribution in [0.15, 0.2) is 75.9 Å². The molecule has 0 saturated heterocycles. The van der Waals surface area contributed by atoms with E-state index in [1.165, 1.54) is 21.5 Å². The van der Waals surface area contributed by atoms with Crippen LogP contribution in [0.4, 0.5) is 0 Å². The summed E-state index contributed by atoms with van der Waals surface area (Å²) in [6, 6.07) is 21.2. The fraction of sp³-hybridized carbons (Fsp3) is 0.387. The number of para-hydroxylation sites is 1. The Morgan fingerprint density at radius 2 is 1.89 bits per heavy atom. The molecule has 9 nitrogen and oxygen atoms in total. The van der Waals surface area contributed by atoms with E-state index in [4.69, 9.17) is 51.1 Å². The smallest absolute Gasteiger partial charge is 0.420 e. The summed E-state index contributed by atoms with van der Waals surface area (Å²) in [5.41, 5.74) is 0.484. The van der Waals surface area contributed by atoms with Crippen LogP contribution in [-0.4, -0.2) is 63.3 Å². The van der Waals surface area contributed by atoms with Crippen molar-refractivity contribution < 1.29 is 27.7 Å². The van der Waals surface area contributed by atoms with E-state index < -0.39 is 11.4 Å². The van der Waals surface area contributed by atoms with Crippen molar-refractivity contribution in [2.75, 3.05) is 47.8 Å². The van der Waals surface area contributed by atoms with Gasteiger partial charge in [0.05, 0.1) is 25.1 Å². The number of rotatable bonds is 18. The summed E-state index contributed by atoms with van der Waals surface area (Å²) in [6.45, 7) is 3.06. The van der Waals surface area contributed by atoms with Crippen molar-refractivity contribution in [1.82, 2.24) is 9.47 Å². The summed E-state index contributed by atoms with van der Waals surface area (Å²) < 4.78 is 36.5. The van der Waals surface area contributed by atoms with Crippen LogP contribution in [0.1, 0.15) is 18.1 Å². The number of halogens is 1. The molecule has 0 amide bonds. The molecular formula is C31H38ClN2O7PS2. The molecular weight excluding hydrogens is 643 g/mol. The van der Waals surface area contributed by atoms with Gasteiger partial charge >= 0.3 is 5.76 Å². The van der Waals surface area contributed by atoms with Crippen molar-refractivity contribution in [3.8, 4) is 11.5 Å². The van der Waals surface area contributed by atoms with E-state index in [-0.39, 0.29) is 18.8 Å². The zero-order valence-electron chi connectivity index (χ0n) is 25.3. The number of hydrogen-bond acceptors (Lipinski definition) is 10. The van der Waals surface area contributed by atoms with E-state index >= 15 is 0 Å². The molecule has 0 N–H and O–H groups in total. The van der Waals surface area contributed by atoms with Gasteiger partial charge in [-0.25, -0.2) is 4.79 Å². The quantitative estimate of drug-likeness (QED) is 0.0810. The molecule has 4 aromatic rings. The Hall–Kier alpha value is -2.34. The minimum Gasteiger partial charge on any atom is -0.497 e. The number of methoxy groups -OCH3 is 1. The maximum Gasteiger partial charge on any atom is 0.420 e. The highest BCUT2D eigenvalue weighted by atomic mass is 35.5. The van der Waals surface area contributed by atoms with E-state index in [1.807, 2.05) is 56.3 Å². The summed E-state index contributed by atoms with van der Waals surface area (Å²) in [6.07, 6.45) is 1.39. The summed E-state index contributed by atoms with van der Waals surface area (Å²) in [7, 11) is 5.62. The minimum atomic E-state index is -2.85. The average Bonchev–Trinajstić information content (AvgIpc) is 3.31. The van der Waals surface area contributed by atoms with Crippen LogP contribution in [-0.2, 0) is 44.3 Å². The molecule has 0 aliphatic carbocycles. The second-order valence-corrected chi connectivity index (χ2v) is 16.8. The summed E-state index contributed by atoms with van der Waals surface area (Å²) in [5.74, 6) is 1.36. The van der Waals surface area contributed by atoms with Crippen molar-refractivity contribution in [1.29, 1.82) is 0 Å². The van der Waals surface area contributed by atoms with Gasteiger partial charge in [-0.2, -0.15) is 0 Å². The van der Waals surface area contributed by atoms with Crippen molar-refractivity contribution in [3.05, 3.63) is 93.4 Å². The van der Waals surface area contributed by atoms with Crippen LogP contribution in [0.3, 0.4) is 0 Å². The number of oxazole rings is 1. The maximum atomic E-state index is 12.5. The zero-order chi connectivity index (χ0) is 31.5. The normalized spacial score (nSPS) is 13.7. The van der Waals surface area contributed by atoms with Crippen LogP contribution in [0.25, 0.3) is 11.1 Å². The minimum absolute atomic E-state index is 0.0831. The largest absolute Gasteiger partial charge is 0.497 e. The molecule has 1 unspecified atom stereocenters. The highest BCUT2D eigenvalue weighted by Crippen LogP contribution is 2.61. The van der Waals surface area contributed by atoms with Gasteiger partial charge in [0.1, 0.15) is 24.2 Å². The van der Waals surface area contributed by atoms with Crippen molar-refractivity contribution in [3.63, 3.8) is 0 Å². The first-order chi connectivity index (χ1) is 21.2. The number of ether oxygens (including phenoxy) is 3. The van der Waals surface area contributed by atoms with Crippen LogP contribution < -0.4 is 15.2 Å². The third kappa shape index (κ3) is 10.1. The molecule has 0 spiro atoms. The molecule has 0 bridgehead atoms. The van der Waals surface area contributed by atoms with E-state index in [1.54, 1.807) is 25.3 Å². The van der Waals surface area contributed by atoms with Crippen LogP contribution in [0, 0.1) is 0 Å². The van der Waals surface area contributed by atoms with Crippen molar-refractivity contribution >= 4 is 51.6 Å². The third-order valence-corrected chi connectivity index (χ3v) is 12.0. The van der Waals surface area contributed by atoms with Crippen molar-refractivity contribution in [2.45, 2.75) is 31.7 Å². The summed E-state index contributed by atoms with van der Waals surface area (Å²) >= 11 is 13.1. The van der Waals surface area contributed by atoms with Gasteiger partial charge in [0.25, 0.3) is 5.69 Å². The highest BCUT2D eigenvalue weighted by molar-refractivity contribution is 8.67. The monoisotopic (exact) mass is 680 g/mol. The second-order valence-electron chi connectivity index (χ2n) is 10.1. The van der Waals surface area contributed by atoms with Gasteiger partial charge in [0, 0.05) is 17.6 Å². The van der Waals surface area contributed by atoms with Crippen molar-refractivity contribution in [2.24, 2.45) is 0 Å². The lowest BCUT2D eigenvalue weighted by atomic mass is 10.0. The molecule has 3 aromatic carbocycles. The first-order valence-corrected chi connectivity index (χ1v) is 18.7. The van der Waals surface area contributed by atoms with Gasteiger partial charge in [-0.05, 0) is 98.5 Å². The Morgan fingerprint density at radius 1 is 1.07 bits per heavy atom. The SMILES string of the molecule is CCOP(=S)(OCO[C@H](COc1ccccc1CCc1cccc(OC)c1)CN(C)C)SCn1c(=O)oc2cc(Cl)ccc21. The molecule has 0 radical (unpaired) electrons. The molecule has 1 heterocycles. The van der Waals surface area contributed by atoms with E-state index in [0.717, 1.165) is 29.9 Å². The number of aromatic nitrogens is 1. The molecule has 0 saturated carbocycles. The molecule has 13 heteroatoms. The highest BCUT2D eigenvalue weighted by Gasteiger charge is 2.23. The van der Waals surface area contributed by atoms with Gasteiger partial charge in [0.2, 0.25) is 0 Å². The Kier molecular flexibility index (Phi) is 13.2. The molecule has 238 valence electrons. The fourth-order valence-electron chi connectivity index (χ4n) is 4.45. The summed E-state index contributed by atoms with van der Waals surface area (Å²) in [4.78, 5) is 14.5. The lowest BCUT2D eigenvalue weighted by Crippen LogP contribution is -2.34. The van der Waals surface area contributed by atoms with Crippen LogP contribution >= 0.6 is 28.7 Å². The topological polar surface area (TPSA) is 84.5 Å². The third-order valence-electron chi connectivity index (χ3n) is 6.56. The number of benzene rings is 3. The molecule has 0 aliphatic rings. The summed E-state index contributed by atoms with van der Waals surface area (Å²) in [5, 5.41) is 0.485. The number of aryl methyl sites for hydroxylation is 2. The van der Waals surface area contributed by atoms with Gasteiger partial charge < -0.3 is 28.1 Å². The van der Waals surface area contributed by atoms with Gasteiger partial charge in [-0.3, -0.25) is 9.09 Å². The number of hydrogen-bond donors (Lipinski definition) is 0. The lowest BCUT2D eigenvalue weighted by Gasteiger charge is -2.25. The predicted molar refractivity (Wildman–Crippen MR) is 181 cm³/mol. The van der Waals surface area contributed by atoms with E-state index in [2.05, 4.69) is 18.2 Å². The van der Waals surface area contributed by atoms with E-state index in [9.17, 15) is 4.79 Å². The lowest BCUT2D eigenvalue weighted by molar-refractivity contribution is -0.0598. The standard InChI is InChI=1S/C31H38ClN2O7PS2/c1-5-39-42(43,44-21-34-28-16-15-25(32)18-30(28)41-31(34)35)40-22-38-27(19-33(2)3)20-37-29-12-7-6-10-24(29)14-13-23-9-8-11-26(17-23)36-4/h6-12,15-18,27H,5,13-14,19-22H2,1-4H3/t27-,42?/m0/s1. The maximum absolute atomic E-state index is 12.5. The Bertz CT molecular complexity index is 1610. The Labute approximate surface area is 272 Å².